The van der Waals surface area contributed by atoms with Gasteiger partial charge in [0.2, 0.25) is 0 Å². The predicted octanol–water partition coefficient (Wildman–Crippen LogP) is 4.13. The molecule has 0 bridgehead atoms. The Labute approximate surface area is 150 Å². The molecule has 2 aromatic rings. The molecule has 0 aliphatic carbocycles. The summed E-state index contributed by atoms with van der Waals surface area (Å²) >= 11 is 5.79. The highest BCUT2D eigenvalue weighted by Gasteiger charge is 2.16. The minimum atomic E-state index is -0.779. The maximum absolute atomic E-state index is 13.0. The molecule has 4 nitrogen and oxygen atoms in total. The normalized spacial score (nSPS) is 11.7. The van der Waals surface area contributed by atoms with Crippen molar-refractivity contribution in [2.24, 2.45) is 0 Å². The number of carbonyl (C=O) groups is 2. The number of aryl methyl sites for hydroxylation is 2. The van der Waals surface area contributed by atoms with E-state index in [9.17, 15) is 14.0 Å². The van der Waals surface area contributed by atoms with E-state index in [1.54, 1.807) is 0 Å². The Bertz CT molecular complexity index is 807. The summed E-state index contributed by atoms with van der Waals surface area (Å²) in [5.74, 6) is -1.77. The van der Waals surface area contributed by atoms with E-state index < -0.39 is 24.3 Å². The van der Waals surface area contributed by atoms with Gasteiger partial charge in [-0.05, 0) is 55.7 Å². The van der Waals surface area contributed by atoms with Gasteiger partial charge < -0.3 is 10.1 Å². The first-order valence-electron chi connectivity index (χ1n) is 7.76. The largest absolute Gasteiger partial charge is 0.452 e. The number of esters is 1. The zero-order chi connectivity index (χ0) is 18.6. The van der Waals surface area contributed by atoms with Crippen LogP contribution in [0.3, 0.4) is 0 Å². The molecular formula is C19H19ClFNO3. The molecule has 0 fully saturated rings. The third kappa shape index (κ3) is 5.03. The maximum Gasteiger partial charge on any atom is 0.340 e. The van der Waals surface area contributed by atoms with Gasteiger partial charge in [0.25, 0.3) is 5.91 Å². The van der Waals surface area contributed by atoms with E-state index in [0.717, 1.165) is 23.3 Å². The summed E-state index contributed by atoms with van der Waals surface area (Å²) in [6, 6.07) is 9.05. The van der Waals surface area contributed by atoms with E-state index >= 15 is 0 Å². The maximum atomic E-state index is 13.0. The summed E-state index contributed by atoms with van der Waals surface area (Å²) in [5.41, 5.74) is 3.28. The lowest BCUT2D eigenvalue weighted by Crippen LogP contribution is -2.31. The van der Waals surface area contributed by atoms with E-state index in [4.69, 9.17) is 16.3 Å². The fourth-order valence-electron chi connectivity index (χ4n) is 2.26. The molecule has 25 heavy (non-hydrogen) atoms. The highest BCUT2D eigenvalue weighted by Crippen LogP contribution is 2.19. The fourth-order valence-corrected chi connectivity index (χ4v) is 2.51. The lowest BCUT2D eigenvalue weighted by atomic mass is 10.0. The molecule has 0 saturated carbocycles. The Morgan fingerprint density at radius 2 is 1.88 bits per heavy atom. The Hall–Kier alpha value is -2.40. The highest BCUT2D eigenvalue weighted by atomic mass is 35.5. The quantitative estimate of drug-likeness (QED) is 0.812. The van der Waals surface area contributed by atoms with Gasteiger partial charge in [-0.15, -0.1) is 0 Å². The Balaban J connectivity index is 1.91. The minimum Gasteiger partial charge on any atom is -0.452 e. The van der Waals surface area contributed by atoms with Gasteiger partial charge in [-0.2, -0.15) is 0 Å². The topological polar surface area (TPSA) is 55.4 Å². The zero-order valence-electron chi connectivity index (χ0n) is 14.2. The fraction of sp³-hybridized carbons (Fsp3) is 0.263. The lowest BCUT2D eigenvalue weighted by molar-refractivity contribution is -0.124. The SMILES string of the molecule is Cc1ccc([C@@H](C)NC(=O)COC(=O)c2ccc(F)cc2Cl)cc1C. The second-order valence-electron chi connectivity index (χ2n) is 5.83. The summed E-state index contributed by atoms with van der Waals surface area (Å²) in [7, 11) is 0. The number of carbonyl (C=O) groups excluding carboxylic acids is 2. The van der Waals surface area contributed by atoms with E-state index in [2.05, 4.69) is 5.32 Å². The molecule has 0 radical (unpaired) electrons. The monoisotopic (exact) mass is 363 g/mol. The van der Waals surface area contributed by atoms with Gasteiger partial charge in [0.05, 0.1) is 16.6 Å². The number of amides is 1. The third-order valence-corrected chi connectivity index (χ3v) is 4.21. The van der Waals surface area contributed by atoms with E-state index in [1.165, 1.54) is 11.6 Å². The van der Waals surface area contributed by atoms with Crippen molar-refractivity contribution in [3.63, 3.8) is 0 Å². The molecule has 2 aromatic carbocycles. The molecule has 0 heterocycles. The van der Waals surface area contributed by atoms with Gasteiger partial charge in [0, 0.05) is 0 Å². The van der Waals surface area contributed by atoms with Crippen molar-refractivity contribution >= 4 is 23.5 Å². The van der Waals surface area contributed by atoms with Gasteiger partial charge in [-0.1, -0.05) is 29.8 Å². The van der Waals surface area contributed by atoms with Gasteiger partial charge in [-0.3, -0.25) is 4.79 Å². The molecule has 0 unspecified atom stereocenters. The van der Waals surface area contributed by atoms with Crippen molar-refractivity contribution in [3.8, 4) is 0 Å². The van der Waals surface area contributed by atoms with Gasteiger partial charge in [0.1, 0.15) is 5.82 Å². The summed E-state index contributed by atoms with van der Waals surface area (Å²) in [5, 5.41) is 2.70. The van der Waals surface area contributed by atoms with Crippen LogP contribution in [0.25, 0.3) is 0 Å². The van der Waals surface area contributed by atoms with Crippen molar-refractivity contribution in [1.29, 1.82) is 0 Å². The van der Waals surface area contributed by atoms with Crippen LogP contribution in [0.1, 0.15) is 40.0 Å². The van der Waals surface area contributed by atoms with E-state index in [0.29, 0.717) is 0 Å². The second kappa shape index (κ2) is 8.12. The van der Waals surface area contributed by atoms with Crippen molar-refractivity contribution in [2.45, 2.75) is 26.8 Å². The standard InChI is InChI=1S/C19H19ClFNO3/c1-11-4-5-14(8-12(11)2)13(3)22-18(23)10-25-19(24)16-7-6-15(21)9-17(16)20/h4-9,13H,10H2,1-3H3,(H,22,23)/t13-/m1/s1. The van der Waals surface area contributed by atoms with Crippen LogP contribution >= 0.6 is 11.6 Å². The van der Waals surface area contributed by atoms with Crippen molar-refractivity contribution < 1.29 is 18.7 Å². The summed E-state index contributed by atoms with van der Waals surface area (Å²) in [4.78, 5) is 23.9. The van der Waals surface area contributed by atoms with Crippen molar-refractivity contribution in [2.75, 3.05) is 6.61 Å². The molecule has 1 atom stereocenters. The van der Waals surface area contributed by atoms with Crippen LogP contribution in [0.15, 0.2) is 36.4 Å². The van der Waals surface area contributed by atoms with Crippen LogP contribution in [-0.4, -0.2) is 18.5 Å². The molecule has 1 amide bonds. The lowest BCUT2D eigenvalue weighted by Gasteiger charge is -2.16. The molecule has 0 saturated heterocycles. The van der Waals surface area contributed by atoms with E-state index in [-0.39, 0.29) is 16.6 Å². The summed E-state index contributed by atoms with van der Waals surface area (Å²) < 4.78 is 17.9. The Kier molecular flexibility index (Phi) is 6.15. The first kappa shape index (κ1) is 18.9. The number of halogens is 2. The average molecular weight is 364 g/mol. The van der Waals surface area contributed by atoms with Crippen molar-refractivity contribution in [1.82, 2.24) is 5.32 Å². The van der Waals surface area contributed by atoms with Gasteiger partial charge in [0.15, 0.2) is 6.61 Å². The molecular weight excluding hydrogens is 345 g/mol. The number of ether oxygens (including phenoxy) is 1. The molecule has 0 aliphatic heterocycles. The Morgan fingerprint density at radius 3 is 2.52 bits per heavy atom. The molecule has 132 valence electrons. The van der Waals surface area contributed by atoms with Crippen LogP contribution < -0.4 is 5.32 Å². The Morgan fingerprint density at radius 1 is 1.16 bits per heavy atom. The summed E-state index contributed by atoms with van der Waals surface area (Å²) in [6.45, 7) is 5.42. The predicted molar refractivity (Wildman–Crippen MR) is 94.2 cm³/mol. The number of benzene rings is 2. The first-order valence-corrected chi connectivity index (χ1v) is 8.14. The minimum absolute atomic E-state index is 0.0121. The molecule has 2 rings (SSSR count). The van der Waals surface area contributed by atoms with Crippen molar-refractivity contribution in [3.05, 3.63) is 69.5 Å². The molecule has 0 spiro atoms. The number of rotatable bonds is 5. The number of nitrogens with one attached hydrogen (secondary N) is 1. The second-order valence-corrected chi connectivity index (χ2v) is 6.24. The molecule has 0 aromatic heterocycles. The average Bonchev–Trinajstić information content (AvgIpc) is 2.55. The van der Waals surface area contributed by atoms with E-state index in [1.807, 2.05) is 39.0 Å². The highest BCUT2D eigenvalue weighted by molar-refractivity contribution is 6.33. The van der Waals surface area contributed by atoms with Gasteiger partial charge in [-0.25, -0.2) is 9.18 Å². The van der Waals surface area contributed by atoms with Crippen LogP contribution in [-0.2, 0) is 9.53 Å². The van der Waals surface area contributed by atoms with Crippen LogP contribution in [0.4, 0.5) is 4.39 Å². The number of hydrogen-bond acceptors (Lipinski definition) is 3. The van der Waals surface area contributed by atoms with Crippen LogP contribution in [0.2, 0.25) is 5.02 Å². The molecule has 6 heteroatoms. The van der Waals surface area contributed by atoms with Crippen LogP contribution in [0, 0.1) is 19.7 Å². The summed E-state index contributed by atoms with van der Waals surface area (Å²) in [6.07, 6.45) is 0. The smallest absolute Gasteiger partial charge is 0.340 e. The first-order chi connectivity index (χ1) is 11.8. The van der Waals surface area contributed by atoms with Crippen LogP contribution in [0.5, 0.6) is 0 Å². The molecule has 0 aliphatic rings. The van der Waals surface area contributed by atoms with Gasteiger partial charge >= 0.3 is 5.97 Å². The number of hydrogen-bond donors (Lipinski definition) is 1. The zero-order valence-corrected chi connectivity index (χ0v) is 15.0. The molecule has 1 N–H and O–H groups in total. The third-order valence-electron chi connectivity index (χ3n) is 3.89.